The third kappa shape index (κ3) is 2.91. The summed E-state index contributed by atoms with van der Waals surface area (Å²) in [6.45, 7) is 0. The van der Waals surface area contributed by atoms with Gasteiger partial charge in [0.1, 0.15) is 0 Å². The maximum absolute atomic E-state index is 10.1. The minimum absolute atomic E-state index is 0.432. The Hall–Kier alpha value is -1.64. The Balaban J connectivity index is 1.94. The Kier molecular flexibility index (Phi) is 2.81. The van der Waals surface area contributed by atoms with Crippen LogP contribution in [-0.2, 0) is 6.42 Å². The largest absolute Gasteiger partial charge is 0.259 e. The second kappa shape index (κ2) is 4.26. The molecule has 1 aliphatic rings. The summed E-state index contributed by atoms with van der Waals surface area (Å²) < 4.78 is 0. The normalized spacial score (nSPS) is 15.7. The van der Waals surface area contributed by atoms with Crippen LogP contribution in [0.3, 0.4) is 0 Å². The van der Waals surface area contributed by atoms with E-state index >= 15 is 0 Å². The monoisotopic (exact) mass is 203 g/mol. The molecule has 0 saturated heterocycles. The number of benzene rings is 1. The Bertz CT molecular complexity index is 377. The average Bonchev–Trinajstić information content (AvgIpc) is 3.02. The summed E-state index contributed by atoms with van der Waals surface area (Å²) in [6, 6.07) is 8.37. The zero-order valence-corrected chi connectivity index (χ0v) is 8.43. The van der Waals surface area contributed by atoms with Crippen molar-refractivity contribution in [2.45, 2.75) is 25.2 Å². The van der Waals surface area contributed by atoms with Crippen LogP contribution in [0.5, 0.6) is 0 Å². The van der Waals surface area contributed by atoms with Crippen molar-refractivity contribution in [3.63, 3.8) is 0 Å². The van der Waals surface area contributed by atoms with Crippen LogP contribution >= 0.6 is 0 Å². The molecule has 0 aromatic heterocycles. The quantitative estimate of drug-likeness (QED) is 0.557. The third-order valence-electron chi connectivity index (χ3n) is 2.61. The van der Waals surface area contributed by atoms with Crippen molar-refractivity contribution in [3.8, 4) is 0 Å². The van der Waals surface area contributed by atoms with Crippen molar-refractivity contribution < 1.29 is 4.92 Å². The maximum Gasteiger partial charge on any atom is 0.230 e. The standard InChI is InChI=1S/C12H13NO2/c14-13(15)9-1-2-10-3-5-11(6-4-10)12-7-8-12/h1,3-6,9,12H,2,7-8H2. The minimum atomic E-state index is -0.432. The predicted octanol–water partition coefficient (Wildman–Crippen LogP) is 2.90. The van der Waals surface area contributed by atoms with E-state index in [1.807, 2.05) is 0 Å². The zero-order chi connectivity index (χ0) is 10.7. The highest BCUT2D eigenvalue weighted by atomic mass is 16.6. The van der Waals surface area contributed by atoms with Gasteiger partial charge in [0.15, 0.2) is 0 Å². The molecule has 0 atom stereocenters. The van der Waals surface area contributed by atoms with Crippen LogP contribution in [-0.4, -0.2) is 4.92 Å². The smallest absolute Gasteiger partial charge is 0.230 e. The molecule has 0 amide bonds. The molecular formula is C12H13NO2. The summed E-state index contributed by atoms with van der Waals surface area (Å²) in [5, 5.41) is 10.1. The van der Waals surface area contributed by atoms with Gasteiger partial charge < -0.3 is 0 Å². The fraction of sp³-hybridized carbons (Fsp3) is 0.333. The van der Waals surface area contributed by atoms with Gasteiger partial charge in [0.05, 0.1) is 4.92 Å². The summed E-state index contributed by atoms with van der Waals surface area (Å²) in [4.78, 5) is 9.63. The van der Waals surface area contributed by atoms with Gasteiger partial charge in [-0.15, -0.1) is 0 Å². The van der Waals surface area contributed by atoms with E-state index in [2.05, 4.69) is 24.3 Å². The third-order valence-corrected chi connectivity index (χ3v) is 2.61. The number of nitrogens with zero attached hydrogens (tertiary/aromatic N) is 1. The van der Waals surface area contributed by atoms with Crippen molar-refractivity contribution in [1.82, 2.24) is 0 Å². The Labute approximate surface area is 88.6 Å². The highest BCUT2D eigenvalue weighted by molar-refractivity contribution is 5.28. The van der Waals surface area contributed by atoms with E-state index in [1.54, 1.807) is 6.08 Å². The first-order chi connectivity index (χ1) is 7.25. The minimum Gasteiger partial charge on any atom is -0.259 e. The molecule has 1 aromatic carbocycles. The van der Waals surface area contributed by atoms with Gasteiger partial charge in [-0.05, 0) is 42.4 Å². The van der Waals surface area contributed by atoms with E-state index in [-0.39, 0.29) is 0 Å². The Morgan fingerprint density at radius 2 is 2.00 bits per heavy atom. The second-order valence-corrected chi connectivity index (χ2v) is 3.89. The first kappa shape index (κ1) is 9.90. The van der Waals surface area contributed by atoms with Gasteiger partial charge >= 0.3 is 0 Å². The van der Waals surface area contributed by atoms with Crippen molar-refractivity contribution in [2.24, 2.45) is 0 Å². The lowest BCUT2D eigenvalue weighted by molar-refractivity contribution is -0.402. The number of hydrogen-bond donors (Lipinski definition) is 0. The topological polar surface area (TPSA) is 43.1 Å². The van der Waals surface area contributed by atoms with Crippen LogP contribution in [0.2, 0.25) is 0 Å². The van der Waals surface area contributed by atoms with Crippen molar-refractivity contribution in [1.29, 1.82) is 0 Å². The summed E-state index contributed by atoms with van der Waals surface area (Å²) in [5.41, 5.74) is 2.52. The van der Waals surface area contributed by atoms with Gasteiger partial charge in [-0.2, -0.15) is 0 Å². The fourth-order valence-corrected chi connectivity index (χ4v) is 1.62. The van der Waals surface area contributed by atoms with Gasteiger partial charge in [-0.1, -0.05) is 24.3 Å². The summed E-state index contributed by atoms with van der Waals surface area (Å²) in [5.74, 6) is 0.772. The highest BCUT2D eigenvalue weighted by Crippen LogP contribution is 2.39. The molecule has 1 fully saturated rings. The molecule has 0 aliphatic heterocycles. The van der Waals surface area contributed by atoms with E-state index in [9.17, 15) is 10.1 Å². The van der Waals surface area contributed by atoms with E-state index in [0.717, 1.165) is 17.7 Å². The first-order valence-corrected chi connectivity index (χ1v) is 5.15. The Morgan fingerprint density at radius 3 is 2.53 bits per heavy atom. The first-order valence-electron chi connectivity index (χ1n) is 5.15. The van der Waals surface area contributed by atoms with Gasteiger partial charge in [-0.25, -0.2) is 0 Å². The van der Waals surface area contributed by atoms with E-state index in [4.69, 9.17) is 0 Å². The molecule has 0 spiro atoms. The van der Waals surface area contributed by atoms with Crippen molar-refractivity contribution in [3.05, 3.63) is 57.8 Å². The molecule has 15 heavy (non-hydrogen) atoms. The van der Waals surface area contributed by atoms with Crippen LogP contribution < -0.4 is 0 Å². The van der Waals surface area contributed by atoms with E-state index < -0.39 is 4.92 Å². The number of rotatable bonds is 4. The van der Waals surface area contributed by atoms with E-state index in [1.165, 1.54) is 18.4 Å². The van der Waals surface area contributed by atoms with Crippen LogP contribution in [0.25, 0.3) is 0 Å². The van der Waals surface area contributed by atoms with Gasteiger partial charge in [0, 0.05) is 0 Å². The van der Waals surface area contributed by atoms with Crippen molar-refractivity contribution in [2.75, 3.05) is 0 Å². The van der Waals surface area contributed by atoms with E-state index in [0.29, 0.717) is 6.42 Å². The molecular weight excluding hydrogens is 190 g/mol. The number of hydrogen-bond acceptors (Lipinski definition) is 2. The number of nitro groups is 1. The average molecular weight is 203 g/mol. The maximum atomic E-state index is 10.1. The molecule has 3 heteroatoms. The molecule has 0 unspecified atom stereocenters. The predicted molar refractivity (Wildman–Crippen MR) is 58.3 cm³/mol. The van der Waals surface area contributed by atoms with Gasteiger partial charge in [0.2, 0.25) is 6.20 Å². The summed E-state index contributed by atoms with van der Waals surface area (Å²) in [7, 11) is 0. The summed E-state index contributed by atoms with van der Waals surface area (Å²) in [6.07, 6.45) is 5.81. The molecule has 0 N–H and O–H groups in total. The van der Waals surface area contributed by atoms with Gasteiger partial charge in [0.25, 0.3) is 0 Å². The molecule has 1 saturated carbocycles. The van der Waals surface area contributed by atoms with Crippen molar-refractivity contribution >= 4 is 0 Å². The fourth-order valence-electron chi connectivity index (χ4n) is 1.62. The lowest BCUT2D eigenvalue weighted by atomic mass is 10.1. The summed E-state index contributed by atoms with van der Waals surface area (Å²) >= 11 is 0. The molecule has 78 valence electrons. The molecule has 0 radical (unpaired) electrons. The lowest BCUT2D eigenvalue weighted by Crippen LogP contribution is -1.86. The van der Waals surface area contributed by atoms with Crippen LogP contribution in [0.1, 0.15) is 29.9 Å². The Morgan fingerprint density at radius 1 is 1.33 bits per heavy atom. The molecule has 3 nitrogen and oxygen atoms in total. The second-order valence-electron chi connectivity index (χ2n) is 3.89. The van der Waals surface area contributed by atoms with Crippen LogP contribution in [0.4, 0.5) is 0 Å². The van der Waals surface area contributed by atoms with Crippen LogP contribution in [0, 0.1) is 10.1 Å². The van der Waals surface area contributed by atoms with Gasteiger partial charge in [-0.3, -0.25) is 10.1 Å². The molecule has 0 heterocycles. The molecule has 0 bridgehead atoms. The van der Waals surface area contributed by atoms with Crippen LogP contribution in [0.15, 0.2) is 36.5 Å². The lowest BCUT2D eigenvalue weighted by Gasteiger charge is -1.99. The number of allylic oxidation sites excluding steroid dienone is 1. The SMILES string of the molecule is O=[N+]([O-])C=CCc1ccc(C2CC2)cc1. The molecule has 2 rings (SSSR count). The molecule has 1 aromatic rings. The molecule has 1 aliphatic carbocycles. The highest BCUT2D eigenvalue weighted by Gasteiger charge is 2.22. The zero-order valence-electron chi connectivity index (χ0n) is 8.43.